The Morgan fingerprint density at radius 1 is 1.36 bits per heavy atom. The maximum absolute atomic E-state index is 11.9. The fourth-order valence-electron chi connectivity index (χ4n) is 1.71. The highest BCUT2D eigenvalue weighted by Gasteiger charge is 2.17. The number of carbonyl (C=O) groups is 1. The summed E-state index contributed by atoms with van der Waals surface area (Å²) >= 11 is 0. The fraction of sp³-hybridized carbons (Fsp3) is 0.400. The van der Waals surface area contributed by atoms with Gasteiger partial charge in [0.05, 0.1) is 6.04 Å². The van der Waals surface area contributed by atoms with Gasteiger partial charge in [0.1, 0.15) is 5.75 Å². The first kappa shape index (κ1) is 16.0. The summed E-state index contributed by atoms with van der Waals surface area (Å²) in [6, 6.07) is 6.47. The molecule has 0 bridgehead atoms. The second kappa shape index (κ2) is 7.04. The van der Waals surface area contributed by atoms with E-state index in [9.17, 15) is 4.79 Å². The number of amides is 1. The molecule has 0 aliphatic heterocycles. The van der Waals surface area contributed by atoms with Crippen molar-refractivity contribution in [3.63, 3.8) is 0 Å². The quantitative estimate of drug-likeness (QED) is 0.844. The van der Waals surface area contributed by atoms with Crippen LogP contribution in [0.5, 0.6) is 5.75 Å². The van der Waals surface area contributed by atoms with Gasteiger partial charge < -0.3 is 20.3 Å². The minimum Gasteiger partial charge on any atom is -0.484 e. The minimum absolute atomic E-state index is 0.0838. The van der Waals surface area contributed by atoms with Crippen molar-refractivity contribution in [2.75, 3.05) is 5.32 Å². The van der Waals surface area contributed by atoms with E-state index in [-0.39, 0.29) is 18.4 Å². The summed E-state index contributed by atoms with van der Waals surface area (Å²) < 4.78 is 10.5. The van der Waals surface area contributed by atoms with Crippen molar-refractivity contribution in [2.45, 2.75) is 33.4 Å². The van der Waals surface area contributed by atoms with Crippen LogP contribution < -0.4 is 15.8 Å². The van der Waals surface area contributed by atoms with Gasteiger partial charge in [0.2, 0.25) is 5.91 Å². The van der Waals surface area contributed by atoms with Crippen molar-refractivity contribution in [2.24, 2.45) is 11.7 Å². The lowest BCUT2D eigenvalue weighted by Crippen LogP contribution is -2.39. The maximum atomic E-state index is 11.9. The molecule has 2 rings (SSSR count). The van der Waals surface area contributed by atoms with Crippen molar-refractivity contribution in [3.8, 4) is 5.75 Å². The first-order chi connectivity index (χ1) is 10.5. The molecule has 0 fully saturated rings. The Morgan fingerprint density at radius 3 is 2.59 bits per heavy atom. The molecule has 0 unspecified atom stereocenters. The molecule has 0 saturated carbocycles. The second-order valence-corrected chi connectivity index (χ2v) is 5.31. The third kappa shape index (κ3) is 4.29. The molecular formula is C15H20N4O3. The number of nitrogens with one attached hydrogen (secondary N) is 1. The van der Waals surface area contributed by atoms with E-state index >= 15 is 0 Å². The molecule has 1 heterocycles. The van der Waals surface area contributed by atoms with E-state index < -0.39 is 6.04 Å². The summed E-state index contributed by atoms with van der Waals surface area (Å²) in [6.07, 6.45) is 0. The number of aryl methyl sites for hydroxylation is 1. The van der Waals surface area contributed by atoms with Gasteiger partial charge in [0, 0.05) is 5.69 Å². The molecule has 1 aromatic carbocycles. The summed E-state index contributed by atoms with van der Waals surface area (Å²) in [4.78, 5) is 15.9. The normalized spacial score (nSPS) is 12.2. The van der Waals surface area contributed by atoms with Crippen LogP contribution in [0.4, 0.5) is 5.69 Å². The molecule has 1 aromatic heterocycles. The number of aromatic nitrogens is 2. The van der Waals surface area contributed by atoms with Crippen LogP contribution >= 0.6 is 0 Å². The zero-order valence-electron chi connectivity index (χ0n) is 12.9. The molecule has 1 amide bonds. The number of carbonyl (C=O) groups excluding carboxylic acids is 1. The van der Waals surface area contributed by atoms with Crippen molar-refractivity contribution >= 4 is 11.6 Å². The van der Waals surface area contributed by atoms with Crippen LogP contribution in [0.1, 0.15) is 25.6 Å². The Bertz CT molecular complexity index is 622. The number of ether oxygens (including phenoxy) is 1. The van der Waals surface area contributed by atoms with E-state index in [0.29, 0.717) is 23.2 Å². The highest BCUT2D eigenvalue weighted by molar-refractivity contribution is 5.94. The lowest BCUT2D eigenvalue weighted by Gasteiger charge is -2.15. The van der Waals surface area contributed by atoms with Gasteiger partial charge in [0.25, 0.3) is 5.89 Å². The molecule has 0 spiro atoms. The first-order valence-corrected chi connectivity index (χ1v) is 7.04. The Kier molecular flexibility index (Phi) is 5.11. The first-order valence-electron chi connectivity index (χ1n) is 7.04. The van der Waals surface area contributed by atoms with Crippen LogP contribution in [0.15, 0.2) is 28.8 Å². The zero-order chi connectivity index (χ0) is 16.1. The lowest BCUT2D eigenvalue weighted by atomic mass is 10.1. The van der Waals surface area contributed by atoms with Crippen LogP contribution in [-0.2, 0) is 11.4 Å². The van der Waals surface area contributed by atoms with Crippen molar-refractivity contribution in [3.05, 3.63) is 36.0 Å². The number of hydrogen-bond acceptors (Lipinski definition) is 6. The number of benzene rings is 1. The largest absolute Gasteiger partial charge is 0.484 e. The van der Waals surface area contributed by atoms with Crippen molar-refractivity contribution < 1.29 is 14.1 Å². The predicted molar refractivity (Wildman–Crippen MR) is 81.3 cm³/mol. The monoisotopic (exact) mass is 304 g/mol. The summed E-state index contributed by atoms with van der Waals surface area (Å²) in [7, 11) is 0. The minimum atomic E-state index is -0.531. The van der Waals surface area contributed by atoms with Gasteiger partial charge in [-0.3, -0.25) is 4.79 Å². The van der Waals surface area contributed by atoms with Gasteiger partial charge in [-0.15, -0.1) is 0 Å². The van der Waals surface area contributed by atoms with E-state index in [1.165, 1.54) is 0 Å². The highest BCUT2D eigenvalue weighted by atomic mass is 16.5. The third-order valence-corrected chi connectivity index (χ3v) is 3.07. The number of anilines is 1. The van der Waals surface area contributed by atoms with Gasteiger partial charge in [0.15, 0.2) is 12.4 Å². The molecule has 22 heavy (non-hydrogen) atoms. The topological polar surface area (TPSA) is 103 Å². The lowest BCUT2D eigenvalue weighted by molar-refractivity contribution is -0.118. The Balaban J connectivity index is 1.88. The van der Waals surface area contributed by atoms with Crippen LogP contribution in [-0.4, -0.2) is 22.1 Å². The number of nitrogens with two attached hydrogens (primary N) is 1. The van der Waals surface area contributed by atoms with Gasteiger partial charge in [-0.05, 0) is 37.1 Å². The predicted octanol–water partition coefficient (Wildman–Crippen LogP) is 1.88. The van der Waals surface area contributed by atoms with Gasteiger partial charge in [-0.1, -0.05) is 19.0 Å². The van der Waals surface area contributed by atoms with Crippen molar-refractivity contribution in [1.29, 1.82) is 0 Å². The van der Waals surface area contributed by atoms with Crippen LogP contribution in [0, 0.1) is 12.8 Å². The van der Waals surface area contributed by atoms with Crippen LogP contribution in [0.2, 0.25) is 0 Å². The highest BCUT2D eigenvalue weighted by Crippen LogP contribution is 2.17. The smallest absolute Gasteiger partial charge is 0.264 e. The molecule has 7 nitrogen and oxygen atoms in total. The molecule has 1 atom stereocenters. The van der Waals surface area contributed by atoms with Gasteiger partial charge in [-0.2, -0.15) is 4.98 Å². The van der Waals surface area contributed by atoms with Crippen molar-refractivity contribution in [1.82, 2.24) is 10.1 Å². The molecule has 0 aliphatic rings. The van der Waals surface area contributed by atoms with E-state index in [2.05, 4.69) is 15.5 Å². The van der Waals surface area contributed by atoms with E-state index in [1.807, 2.05) is 13.8 Å². The summed E-state index contributed by atoms with van der Waals surface area (Å²) in [5.74, 6) is 1.50. The average Bonchev–Trinajstić information content (AvgIpc) is 2.91. The van der Waals surface area contributed by atoms with Crippen LogP contribution in [0.25, 0.3) is 0 Å². The Morgan fingerprint density at radius 2 is 2.05 bits per heavy atom. The second-order valence-electron chi connectivity index (χ2n) is 5.31. The molecule has 0 aliphatic carbocycles. The standard InChI is InChI=1S/C15H20N4O3/c1-9(2)14(16)15(20)18-11-4-6-12(7-5-11)21-8-13-17-10(3)19-22-13/h4-7,9,14H,8,16H2,1-3H3,(H,18,20)/t14-/m0/s1. The summed E-state index contributed by atoms with van der Waals surface area (Å²) in [5, 5.41) is 6.45. The Labute approximate surface area is 128 Å². The molecule has 118 valence electrons. The molecule has 7 heteroatoms. The Hall–Kier alpha value is -2.41. The number of rotatable bonds is 6. The fourth-order valence-corrected chi connectivity index (χ4v) is 1.71. The maximum Gasteiger partial charge on any atom is 0.264 e. The third-order valence-electron chi connectivity index (χ3n) is 3.07. The SMILES string of the molecule is Cc1noc(COc2ccc(NC(=O)[C@@H](N)C(C)C)cc2)n1. The molecular weight excluding hydrogens is 284 g/mol. The van der Waals surface area contributed by atoms with Gasteiger partial charge in [-0.25, -0.2) is 0 Å². The molecule has 0 radical (unpaired) electrons. The number of hydrogen-bond donors (Lipinski definition) is 2. The molecule has 0 saturated heterocycles. The summed E-state index contributed by atoms with van der Waals surface area (Å²) in [6.45, 7) is 5.75. The van der Waals surface area contributed by atoms with Gasteiger partial charge >= 0.3 is 0 Å². The number of nitrogens with zero attached hydrogens (tertiary/aromatic N) is 2. The molecule has 3 N–H and O–H groups in total. The van der Waals surface area contributed by atoms with E-state index in [0.717, 1.165) is 0 Å². The molecule has 2 aromatic rings. The van der Waals surface area contributed by atoms with E-state index in [4.69, 9.17) is 15.0 Å². The average molecular weight is 304 g/mol. The zero-order valence-corrected chi connectivity index (χ0v) is 12.9. The van der Waals surface area contributed by atoms with E-state index in [1.54, 1.807) is 31.2 Å². The summed E-state index contributed by atoms with van der Waals surface area (Å²) in [5.41, 5.74) is 6.46. The van der Waals surface area contributed by atoms with Crippen LogP contribution in [0.3, 0.4) is 0 Å².